The van der Waals surface area contributed by atoms with Crippen molar-refractivity contribution in [1.82, 2.24) is 4.98 Å². The first-order valence-corrected chi connectivity index (χ1v) is 8.86. The Morgan fingerprint density at radius 3 is 2.27 bits per heavy atom. The first-order valence-electron chi connectivity index (χ1n) is 8.86. The summed E-state index contributed by atoms with van der Waals surface area (Å²) in [5, 5.41) is 3.12. The van der Waals surface area contributed by atoms with Gasteiger partial charge in [0.05, 0.1) is 26.9 Å². The van der Waals surface area contributed by atoms with Crippen LogP contribution in [0.4, 0.5) is 5.69 Å². The lowest BCUT2D eigenvalue weighted by molar-refractivity contribution is -0.119. The number of esters is 1. The summed E-state index contributed by atoms with van der Waals surface area (Å²) in [6, 6.07) is 11.0. The lowest BCUT2D eigenvalue weighted by atomic mass is 10.1. The minimum atomic E-state index is -0.780. The highest BCUT2D eigenvalue weighted by atomic mass is 16.5. The third-order valence-corrected chi connectivity index (χ3v) is 4.25. The molecule has 30 heavy (non-hydrogen) atoms. The molecule has 1 heterocycles. The van der Waals surface area contributed by atoms with E-state index in [-0.39, 0.29) is 5.56 Å². The van der Waals surface area contributed by atoms with Gasteiger partial charge in [-0.15, -0.1) is 0 Å². The van der Waals surface area contributed by atoms with E-state index in [1.165, 1.54) is 21.3 Å². The molecule has 9 heteroatoms. The van der Waals surface area contributed by atoms with Crippen molar-refractivity contribution in [2.75, 3.05) is 33.3 Å². The number of pyridine rings is 1. The molecule has 0 aliphatic heterocycles. The maximum Gasteiger partial charge on any atom is 0.339 e. The smallest absolute Gasteiger partial charge is 0.339 e. The number of benzene rings is 2. The number of ether oxygens (including phenoxy) is 4. The number of rotatable bonds is 7. The SMILES string of the molecule is COc1cc(NC(=O)COC(=O)c2cc(=O)[nH]c3ccccc23)cc(OC)c1OC. The average molecular weight is 412 g/mol. The van der Waals surface area contributed by atoms with E-state index in [0.717, 1.165) is 6.07 Å². The molecule has 1 aromatic heterocycles. The fourth-order valence-electron chi connectivity index (χ4n) is 2.93. The van der Waals surface area contributed by atoms with Gasteiger partial charge in [0.1, 0.15) is 0 Å². The lowest BCUT2D eigenvalue weighted by Crippen LogP contribution is -2.22. The first kappa shape index (κ1) is 20.7. The lowest BCUT2D eigenvalue weighted by Gasteiger charge is -2.14. The van der Waals surface area contributed by atoms with E-state index >= 15 is 0 Å². The van der Waals surface area contributed by atoms with Gasteiger partial charge in [0, 0.05) is 34.8 Å². The maximum absolute atomic E-state index is 12.4. The predicted molar refractivity (Wildman–Crippen MR) is 110 cm³/mol. The van der Waals surface area contributed by atoms with Crippen LogP contribution < -0.4 is 25.1 Å². The fourth-order valence-corrected chi connectivity index (χ4v) is 2.93. The van der Waals surface area contributed by atoms with Gasteiger partial charge < -0.3 is 29.2 Å². The molecule has 2 aromatic carbocycles. The van der Waals surface area contributed by atoms with E-state index in [0.29, 0.717) is 33.8 Å². The Morgan fingerprint density at radius 2 is 1.63 bits per heavy atom. The normalized spacial score (nSPS) is 10.4. The summed E-state index contributed by atoms with van der Waals surface area (Å²) < 4.78 is 20.8. The number of anilines is 1. The van der Waals surface area contributed by atoms with Crippen LogP contribution in [0.3, 0.4) is 0 Å². The number of para-hydroxylation sites is 1. The van der Waals surface area contributed by atoms with Gasteiger partial charge in [0.15, 0.2) is 18.1 Å². The summed E-state index contributed by atoms with van der Waals surface area (Å²) in [7, 11) is 4.38. The highest BCUT2D eigenvalue weighted by Gasteiger charge is 2.17. The highest BCUT2D eigenvalue weighted by molar-refractivity contribution is 6.04. The van der Waals surface area contributed by atoms with Gasteiger partial charge in [0.25, 0.3) is 5.91 Å². The largest absolute Gasteiger partial charge is 0.493 e. The molecule has 1 amide bonds. The fraction of sp³-hybridized carbons (Fsp3) is 0.190. The van der Waals surface area contributed by atoms with Gasteiger partial charge in [0.2, 0.25) is 11.3 Å². The first-order chi connectivity index (χ1) is 14.5. The van der Waals surface area contributed by atoms with Crippen molar-refractivity contribution in [3.63, 3.8) is 0 Å². The predicted octanol–water partition coefficient (Wildman–Crippen LogP) is 2.35. The molecule has 0 saturated carbocycles. The van der Waals surface area contributed by atoms with Crippen LogP contribution in [0, 0.1) is 0 Å². The van der Waals surface area contributed by atoms with E-state index in [9.17, 15) is 14.4 Å². The van der Waals surface area contributed by atoms with E-state index in [1.807, 2.05) is 0 Å². The number of aromatic nitrogens is 1. The number of carbonyl (C=O) groups is 2. The number of hydrogen-bond acceptors (Lipinski definition) is 7. The quantitative estimate of drug-likeness (QED) is 0.572. The second-order valence-corrected chi connectivity index (χ2v) is 6.13. The molecule has 0 unspecified atom stereocenters. The number of H-pyrrole nitrogens is 1. The van der Waals surface area contributed by atoms with E-state index in [1.54, 1.807) is 36.4 Å². The highest BCUT2D eigenvalue weighted by Crippen LogP contribution is 2.39. The van der Waals surface area contributed by atoms with Gasteiger partial charge >= 0.3 is 5.97 Å². The van der Waals surface area contributed by atoms with Crippen LogP contribution in [0.25, 0.3) is 10.9 Å². The maximum atomic E-state index is 12.4. The molecule has 0 saturated heterocycles. The van der Waals surface area contributed by atoms with Crippen molar-refractivity contribution >= 4 is 28.5 Å². The molecule has 3 aromatic rings. The summed E-state index contributed by atoms with van der Waals surface area (Å²) in [5.41, 5.74) is 0.503. The number of amides is 1. The zero-order chi connectivity index (χ0) is 21.7. The van der Waals surface area contributed by atoms with Gasteiger partial charge in [-0.3, -0.25) is 9.59 Å². The summed E-state index contributed by atoms with van der Waals surface area (Å²) in [6.07, 6.45) is 0. The molecule has 3 rings (SSSR count). The number of nitrogens with one attached hydrogen (secondary N) is 2. The molecule has 9 nitrogen and oxygen atoms in total. The Balaban J connectivity index is 1.73. The van der Waals surface area contributed by atoms with Crippen LogP contribution in [0.2, 0.25) is 0 Å². The van der Waals surface area contributed by atoms with Crippen LogP contribution in [-0.2, 0) is 9.53 Å². The minimum absolute atomic E-state index is 0.0786. The molecular formula is C21H20N2O7. The topological polar surface area (TPSA) is 116 Å². The zero-order valence-corrected chi connectivity index (χ0v) is 16.6. The number of fused-ring (bicyclic) bond motifs is 1. The summed E-state index contributed by atoms with van der Waals surface area (Å²) >= 11 is 0. The molecule has 0 radical (unpaired) electrons. The Kier molecular flexibility index (Phi) is 6.21. The van der Waals surface area contributed by atoms with Crippen molar-refractivity contribution in [3.05, 3.63) is 58.4 Å². The van der Waals surface area contributed by atoms with Crippen LogP contribution in [0.5, 0.6) is 17.2 Å². The molecule has 0 bridgehead atoms. The Labute approximate surface area is 171 Å². The summed E-state index contributed by atoms with van der Waals surface area (Å²) in [4.78, 5) is 39.1. The van der Waals surface area contributed by atoms with Crippen LogP contribution in [-0.4, -0.2) is 44.8 Å². The number of aromatic amines is 1. The van der Waals surface area contributed by atoms with Crippen molar-refractivity contribution < 1.29 is 28.5 Å². The molecule has 0 aliphatic rings. The van der Waals surface area contributed by atoms with Crippen LogP contribution in [0.15, 0.2) is 47.3 Å². The molecule has 0 aliphatic carbocycles. The molecule has 2 N–H and O–H groups in total. The van der Waals surface area contributed by atoms with E-state index in [4.69, 9.17) is 18.9 Å². The summed E-state index contributed by atoms with van der Waals surface area (Å²) in [6.45, 7) is -0.545. The van der Waals surface area contributed by atoms with Crippen molar-refractivity contribution in [2.24, 2.45) is 0 Å². The van der Waals surface area contributed by atoms with Gasteiger partial charge in [-0.1, -0.05) is 18.2 Å². The standard InChI is InChI=1S/C21H20N2O7/c1-27-16-8-12(9-17(28-2)20(16)29-3)22-19(25)11-30-21(26)14-10-18(24)23-15-7-5-4-6-13(14)15/h4-10H,11H2,1-3H3,(H,22,25)(H,23,24). The molecule has 156 valence electrons. The second-order valence-electron chi connectivity index (χ2n) is 6.13. The monoisotopic (exact) mass is 412 g/mol. The number of carbonyl (C=O) groups excluding carboxylic acids is 2. The van der Waals surface area contributed by atoms with Gasteiger partial charge in [-0.05, 0) is 6.07 Å². The molecular weight excluding hydrogens is 392 g/mol. The zero-order valence-electron chi connectivity index (χ0n) is 16.6. The van der Waals surface area contributed by atoms with Gasteiger partial charge in [-0.25, -0.2) is 4.79 Å². The van der Waals surface area contributed by atoms with Crippen molar-refractivity contribution in [3.8, 4) is 17.2 Å². The van der Waals surface area contributed by atoms with E-state index < -0.39 is 24.0 Å². The second kappa shape index (κ2) is 8.99. The van der Waals surface area contributed by atoms with E-state index in [2.05, 4.69) is 10.3 Å². The Bertz CT molecular complexity index is 1130. The van der Waals surface area contributed by atoms with Crippen LogP contribution in [0.1, 0.15) is 10.4 Å². The molecule has 0 spiro atoms. The van der Waals surface area contributed by atoms with Crippen LogP contribution >= 0.6 is 0 Å². The number of hydrogen-bond donors (Lipinski definition) is 2. The van der Waals surface area contributed by atoms with Crippen molar-refractivity contribution in [2.45, 2.75) is 0 Å². The third kappa shape index (κ3) is 4.35. The van der Waals surface area contributed by atoms with Crippen molar-refractivity contribution in [1.29, 1.82) is 0 Å². The Morgan fingerprint density at radius 1 is 0.967 bits per heavy atom. The minimum Gasteiger partial charge on any atom is -0.493 e. The van der Waals surface area contributed by atoms with Gasteiger partial charge in [-0.2, -0.15) is 0 Å². The molecule has 0 atom stereocenters. The number of methoxy groups -OCH3 is 3. The third-order valence-electron chi connectivity index (χ3n) is 4.25. The Hall–Kier alpha value is -4.01. The average Bonchev–Trinajstić information content (AvgIpc) is 2.75. The molecule has 0 fully saturated rings. The summed E-state index contributed by atoms with van der Waals surface area (Å²) in [5.74, 6) is -0.257.